The molecular weight excluding hydrogens is 406 g/mol. The van der Waals surface area contributed by atoms with E-state index >= 15 is 4.39 Å². The molecule has 4 aromatic carbocycles. The molecule has 0 unspecified atom stereocenters. The van der Waals surface area contributed by atoms with Gasteiger partial charge in [-0.1, -0.05) is 121 Å². The molecule has 0 spiro atoms. The first-order valence-electron chi connectivity index (χ1n) is 10.0. The number of carbonyl (C=O) groups is 1. The van der Waals surface area contributed by atoms with Gasteiger partial charge in [-0.05, 0) is 6.92 Å². The van der Waals surface area contributed by atoms with Crippen LogP contribution in [-0.4, -0.2) is 5.78 Å². The van der Waals surface area contributed by atoms with E-state index in [2.05, 4.69) is 0 Å². The van der Waals surface area contributed by atoms with Crippen molar-refractivity contribution >= 4 is 23.5 Å². The fourth-order valence-corrected chi connectivity index (χ4v) is 6.91. The molecule has 4 aromatic rings. The molecule has 0 amide bonds. The average Bonchev–Trinajstić information content (AvgIpc) is 2.84. The molecule has 4 heteroatoms. The van der Waals surface area contributed by atoms with Crippen LogP contribution < -0.4 is 10.6 Å². The molecule has 0 saturated heterocycles. The summed E-state index contributed by atoms with van der Waals surface area (Å²) >= 11 is 0. The molecule has 31 heavy (non-hydrogen) atoms. The van der Waals surface area contributed by atoms with E-state index in [1.165, 1.54) is 0 Å². The van der Waals surface area contributed by atoms with E-state index < -0.39 is 18.3 Å². The lowest BCUT2D eigenvalue weighted by Gasteiger charge is -2.34. The highest BCUT2D eigenvalue weighted by Gasteiger charge is 2.58. The van der Waals surface area contributed by atoms with Gasteiger partial charge in [0.15, 0.2) is 7.14 Å². The highest BCUT2D eigenvalue weighted by Crippen LogP contribution is 2.63. The predicted octanol–water partition coefficient (Wildman–Crippen LogP) is 6.01. The fourth-order valence-electron chi connectivity index (χ4n) is 3.79. The summed E-state index contributed by atoms with van der Waals surface area (Å²) in [4.78, 5) is 13.8. The zero-order valence-corrected chi connectivity index (χ0v) is 18.0. The number of carbonyl (C=O) groups excluding carboxylic acids is 1. The third kappa shape index (κ3) is 3.56. The summed E-state index contributed by atoms with van der Waals surface area (Å²) in [6, 6.07) is 31.8. The Labute approximate surface area is 181 Å². The van der Waals surface area contributed by atoms with Gasteiger partial charge < -0.3 is 4.57 Å². The third-order valence-electron chi connectivity index (χ3n) is 5.44. The van der Waals surface area contributed by atoms with E-state index in [4.69, 9.17) is 0 Å². The number of hydrogen-bond acceptors (Lipinski definition) is 2. The highest BCUT2D eigenvalue weighted by atomic mass is 31.2. The van der Waals surface area contributed by atoms with Crippen LogP contribution in [0.25, 0.3) is 0 Å². The number of aryl methyl sites for hydroxylation is 1. The quantitative estimate of drug-likeness (QED) is 0.278. The molecule has 0 aliphatic heterocycles. The smallest absolute Gasteiger partial charge is 0.257 e. The zero-order valence-electron chi connectivity index (χ0n) is 17.1. The Morgan fingerprint density at radius 1 is 0.677 bits per heavy atom. The Hall–Kier alpha value is -3.29. The van der Waals surface area contributed by atoms with Crippen LogP contribution in [-0.2, 0) is 9.97 Å². The molecule has 154 valence electrons. The van der Waals surface area contributed by atoms with E-state index in [0.717, 1.165) is 5.56 Å². The number of benzene rings is 4. The van der Waals surface area contributed by atoms with Gasteiger partial charge in [-0.2, -0.15) is 0 Å². The lowest BCUT2D eigenvalue weighted by molar-refractivity contribution is 0.0824. The Bertz CT molecular complexity index is 1180. The first kappa shape index (κ1) is 21.0. The summed E-state index contributed by atoms with van der Waals surface area (Å²) in [5.74, 6) is -0.812. The summed E-state index contributed by atoms with van der Waals surface area (Å²) < 4.78 is 32.5. The number of alkyl halides is 1. The summed E-state index contributed by atoms with van der Waals surface area (Å²) in [7, 11) is -4.12. The number of hydrogen-bond donors (Lipinski definition) is 0. The molecule has 0 bridgehead atoms. The van der Waals surface area contributed by atoms with Crippen LogP contribution in [0.4, 0.5) is 4.39 Å². The Morgan fingerprint density at radius 3 is 1.55 bits per heavy atom. The second-order valence-electron chi connectivity index (χ2n) is 7.46. The Morgan fingerprint density at radius 2 is 1.10 bits per heavy atom. The van der Waals surface area contributed by atoms with Crippen molar-refractivity contribution in [3.8, 4) is 0 Å². The Balaban J connectivity index is 2.08. The van der Waals surface area contributed by atoms with Crippen molar-refractivity contribution in [1.29, 1.82) is 0 Å². The van der Waals surface area contributed by atoms with Gasteiger partial charge in [0.1, 0.15) is 0 Å². The van der Waals surface area contributed by atoms with Gasteiger partial charge in [0.05, 0.1) is 0 Å². The molecule has 2 nitrogen and oxygen atoms in total. The second kappa shape index (κ2) is 8.45. The predicted molar refractivity (Wildman–Crippen MR) is 124 cm³/mol. The van der Waals surface area contributed by atoms with Gasteiger partial charge in [0.2, 0.25) is 5.78 Å². The van der Waals surface area contributed by atoms with Crippen LogP contribution in [0.2, 0.25) is 0 Å². The average molecular weight is 428 g/mol. The largest absolute Gasteiger partial charge is 0.309 e. The fraction of sp³-hybridized carbons (Fsp3) is 0.0741. The van der Waals surface area contributed by atoms with Gasteiger partial charge in [-0.3, -0.25) is 4.79 Å². The van der Waals surface area contributed by atoms with E-state index in [-0.39, 0.29) is 11.1 Å². The van der Waals surface area contributed by atoms with Crippen LogP contribution in [0.5, 0.6) is 0 Å². The van der Waals surface area contributed by atoms with Crippen molar-refractivity contribution in [3.63, 3.8) is 0 Å². The molecule has 0 aliphatic carbocycles. The van der Waals surface area contributed by atoms with Crippen molar-refractivity contribution in [2.45, 2.75) is 12.3 Å². The van der Waals surface area contributed by atoms with Crippen molar-refractivity contribution in [1.82, 2.24) is 0 Å². The highest BCUT2D eigenvalue weighted by molar-refractivity contribution is 7.80. The number of halogens is 1. The van der Waals surface area contributed by atoms with Crippen molar-refractivity contribution in [3.05, 3.63) is 132 Å². The normalized spacial score (nSPS) is 13.4. The minimum absolute atomic E-state index is 0.0861. The summed E-state index contributed by atoms with van der Waals surface area (Å²) in [6.07, 6.45) is 0. The maximum Gasteiger partial charge on any atom is 0.257 e. The monoisotopic (exact) mass is 428 g/mol. The van der Waals surface area contributed by atoms with Crippen molar-refractivity contribution < 1.29 is 13.8 Å². The topological polar surface area (TPSA) is 34.1 Å². The Kier molecular flexibility index (Phi) is 5.71. The van der Waals surface area contributed by atoms with Crippen LogP contribution in [0, 0.1) is 6.92 Å². The van der Waals surface area contributed by atoms with Gasteiger partial charge in [0.25, 0.3) is 5.41 Å². The maximum absolute atomic E-state index is 17.5. The summed E-state index contributed by atoms with van der Waals surface area (Å²) in [5, 5.41) is -2.17. The number of Topliss-reactive ketones (excluding diaryl/α,β-unsaturated/α-hetero) is 1. The van der Waals surface area contributed by atoms with Gasteiger partial charge in [-0.25, -0.2) is 4.39 Å². The molecule has 0 radical (unpaired) electrons. The third-order valence-corrected chi connectivity index (χ3v) is 8.82. The molecule has 0 fully saturated rings. The van der Waals surface area contributed by atoms with Crippen molar-refractivity contribution in [2.75, 3.05) is 0 Å². The SMILES string of the molecule is Cc1ccc([C@](F)(C(=O)c2ccccc2)P(=O)(c2ccccc2)c2ccccc2)cc1. The molecule has 0 heterocycles. The molecule has 0 N–H and O–H groups in total. The van der Waals surface area contributed by atoms with Crippen LogP contribution in [0.3, 0.4) is 0 Å². The van der Waals surface area contributed by atoms with Gasteiger partial charge in [-0.15, -0.1) is 0 Å². The summed E-state index contributed by atoms with van der Waals surface area (Å²) in [6.45, 7) is 1.89. The summed E-state index contributed by atoms with van der Waals surface area (Å²) in [5.41, 5.74) is 1.19. The molecule has 0 saturated carbocycles. The van der Waals surface area contributed by atoms with E-state index in [0.29, 0.717) is 10.6 Å². The zero-order chi connectivity index (χ0) is 21.9. The maximum atomic E-state index is 17.5. The van der Waals surface area contributed by atoms with Gasteiger partial charge >= 0.3 is 0 Å². The standard InChI is InChI=1S/C27H22FO2P/c1-21-17-19-23(20-18-21)27(28,26(29)22-11-5-2-6-12-22)31(30,24-13-7-3-8-14-24)25-15-9-4-10-16-25/h2-20H,1H3/t27-/m1/s1. The number of rotatable bonds is 6. The molecule has 0 aromatic heterocycles. The second-order valence-corrected chi connectivity index (χ2v) is 10.3. The molecular formula is C27H22FO2P. The van der Waals surface area contributed by atoms with Crippen LogP contribution >= 0.6 is 7.14 Å². The minimum Gasteiger partial charge on any atom is -0.309 e. The first-order chi connectivity index (χ1) is 15.0. The van der Waals surface area contributed by atoms with Crippen LogP contribution in [0.1, 0.15) is 21.5 Å². The first-order valence-corrected chi connectivity index (χ1v) is 11.8. The lowest BCUT2D eigenvalue weighted by Crippen LogP contribution is -2.39. The van der Waals surface area contributed by atoms with E-state index in [9.17, 15) is 9.36 Å². The van der Waals surface area contributed by atoms with Gasteiger partial charge in [0, 0.05) is 21.7 Å². The minimum atomic E-state index is -4.12. The number of ketones is 1. The van der Waals surface area contributed by atoms with Crippen LogP contribution in [0.15, 0.2) is 115 Å². The van der Waals surface area contributed by atoms with E-state index in [1.54, 1.807) is 115 Å². The molecule has 0 aliphatic rings. The molecule has 4 rings (SSSR count). The van der Waals surface area contributed by atoms with Crippen molar-refractivity contribution in [2.24, 2.45) is 0 Å². The van der Waals surface area contributed by atoms with E-state index in [1.807, 2.05) is 6.92 Å². The lowest BCUT2D eigenvalue weighted by atomic mass is 9.99. The molecule has 1 atom stereocenters.